The molecule has 0 aliphatic heterocycles. The Labute approximate surface area is 128 Å². The lowest BCUT2D eigenvalue weighted by molar-refractivity contribution is 0.178. The number of anilines is 2. The summed E-state index contributed by atoms with van der Waals surface area (Å²) in [5, 5.41) is 8.81. The average Bonchev–Trinajstić information content (AvgIpc) is 2.97. The van der Waals surface area contributed by atoms with Gasteiger partial charge in [-0.05, 0) is 36.3 Å². The van der Waals surface area contributed by atoms with Crippen molar-refractivity contribution in [2.75, 3.05) is 24.8 Å². The second kappa shape index (κ2) is 6.41. The topological polar surface area (TPSA) is 59.1 Å². The van der Waals surface area contributed by atoms with E-state index in [2.05, 4.69) is 32.0 Å². The van der Waals surface area contributed by atoms with Crippen molar-refractivity contribution in [3.63, 3.8) is 0 Å². The third-order valence-corrected chi connectivity index (χ3v) is 4.67. The molecule has 0 amide bonds. The van der Waals surface area contributed by atoms with Gasteiger partial charge in [-0.15, -0.1) is 11.3 Å². The molecule has 1 atom stereocenters. The number of aryl methyl sites for hydroxylation is 1. The molecule has 0 spiro atoms. The van der Waals surface area contributed by atoms with Crippen molar-refractivity contribution in [3.8, 4) is 0 Å². The van der Waals surface area contributed by atoms with Crippen LogP contribution in [0.4, 0.5) is 11.6 Å². The van der Waals surface area contributed by atoms with E-state index in [0.717, 1.165) is 18.1 Å². The van der Waals surface area contributed by atoms with Crippen molar-refractivity contribution in [2.45, 2.75) is 31.9 Å². The molecule has 2 aromatic heterocycles. The van der Waals surface area contributed by atoms with E-state index in [-0.39, 0.29) is 0 Å². The van der Waals surface area contributed by atoms with E-state index >= 15 is 0 Å². The van der Waals surface area contributed by atoms with Gasteiger partial charge in [-0.2, -0.15) is 0 Å². The third kappa shape index (κ3) is 3.16. The summed E-state index contributed by atoms with van der Waals surface area (Å²) in [6.45, 7) is 0.415. The summed E-state index contributed by atoms with van der Waals surface area (Å²) < 4.78 is 5.14. The summed E-state index contributed by atoms with van der Waals surface area (Å²) in [5.41, 5.74) is 1.42. The van der Waals surface area contributed by atoms with Gasteiger partial charge >= 0.3 is 0 Å². The van der Waals surface area contributed by atoms with E-state index in [9.17, 15) is 0 Å². The fourth-order valence-electron chi connectivity index (χ4n) is 2.71. The Hall–Kier alpha value is -1.66. The molecule has 6 heteroatoms. The molecule has 0 saturated carbocycles. The smallest absolute Gasteiger partial charge is 0.158 e. The van der Waals surface area contributed by atoms with Crippen LogP contribution < -0.4 is 10.6 Å². The number of nitrogens with one attached hydrogen (secondary N) is 2. The Morgan fingerprint density at radius 2 is 2.24 bits per heavy atom. The van der Waals surface area contributed by atoms with Crippen molar-refractivity contribution in [1.29, 1.82) is 0 Å². The molecule has 112 valence electrons. The highest BCUT2D eigenvalue weighted by atomic mass is 32.1. The predicted molar refractivity (Wildman–Crippen MR) is 85.9 cm³/mol. The van der Waals surface area contributed by atoms with Crippen molar-refractivity contribution >= 4 is 23.0 Å². The van der Waals surface area contributed by atoms with Crippen molar-refractivity contribution in [1.82, 2.24) is 9.97 Å². The highest BCUT2D eigenvalue weighted by molar-refractivity contribution is 7.10. The Kier molecular flexibility index (Phi) is 4.36. The highest BCUT2D eigenvalue weighted by Crippen LogP contribution is 2.35. The van der Waals surface area contributed by atoms with Gasteiger partial charge in [0.1, 0.15) is 18.2 Å². The standard InChI is InChI=1S/C15H20N4OS/c1-16-13-8-14(19-15(18-13)9-20-2)17-11-4-3-5-12-10(11)6-7-21-12/h6-8,11H,3-5,9H2,1-2H3,(H2,16,17,18,19). The monoisotopic (exact) mass is 304 g/mol. The molecule has 0 saturated heterocycles. The second-order valence-corrected chi connectivity index (χ2v) is 6.13. The summed E-state index contributed by atoms with van der Waals surface area (Å²) >= 11 is 1.85. The Bertz CT molecular complexity index is 613. The fourth-order valence-corrected chi connectivity index (χ4v) is 3.70. The Balaban J connectivity index is 1.83. The molecule has 21 heavy (non-hydrogen) atoms. The maximum Gasteiger partial charge on any atom is 0.158 e. The molecule has 2 N–H and O–H groups in total. The zero-order valence-electron chi connectivity index (χ0n) is 12.3. The largest absolute Gasteiger partial charge is 0.377 e. The number of hydrogen-bond acceptors (Lipinski definition) is 6. The number of aromatic nitrogens is 2. The number of nitrogens with zero attached hydrogens (tertiary/aromatic N) is 2. The molecule has 0 aromatic carbocycles. The van der Waals surface area contributed by atoms with Crippen LogP contribution in [0.25, 0.3) is 0 Å². The minimum atomic E-state index is 0.343. The van der Waals surface area contributed by atoms with Gasteiger partial charge in [0.25, 0.3) is 0 Å². The molecule has 0 bridgehead atoms. The van der Waals surface area contributed by atoms with Gasteiger partial charge in [-0.1, -0.05) is 0 Å². The van der Waals surface area contributed by atoms with Gasteiger partial charge in [0, 0.05) is 25.1 Å². The molecule has 2 aromatic rings. The van der Waals surface area contributed by atoms with Gasteiger partial charge in [0.05, 0.1) is 6.04 Å². The van der Waals surface area contributed by atoms with Gasteiger partial charge in [0.15, 0.2) is 5.82 Å². The first kappa shape index (κ1) is 14.3. The quantitative estimate of drug-likeness (QED) is 0.888. The highest BCUT2D eigenvalue weighted by Gasteiger charge is 2.21. The van der Waals surface area contributed by atoms with Crippen LogP contribution in [0.15, 0.2) is 17.5 Å². The number of ether oxygens (including phenoxy) is 1. The number of fused-ring (bicyclic) bond motifs is 1. The molecule has 3 rings (SSSR count). The van der Waals surface area contributed by atoms with Gasteiger partial charge < -0.3 is 15.4 Å². The zero-order valence-corrected chi connectivity index (χ0v) is 13.2. The summed E-state index contributed by atoms with van der Waals surface area (Å²) in [6, 6.07) is 4.52. The minimum Gasteiger partial charge on any atom is -0.377 e. The van der Waals surface area contributed by atoms with E-state index < -0.39 is 0 Å². The summed E-state index contributed by atoms with van der Waals surface area (Å²) in [4.78, 5) is 10.4. The van der Waals surface area contributed by atoms with Crippen LogP contribution in [0.1, 0.15) is 35.1 Å². The van der Waals surface area contributed by atoms with Crippen LogP contribution in [0.3, 0.4) is 0 Å². The minimum absolute atomic E-state index is 0.343. The number of thiophene rings is 1. The van der Waals surface area contributed by atoms with E-state index in [0.29, 0.717) is 18.5 Å². The average molecular weight is 304 g/mol. The van der Waals surface area contributed by atoms with Crippen LogP contribution in [0.5, 0.6) is 0 Å². The predicted octanol–water partition coefficient (Wildman–Crippen LogP) is 3.22. The number of rotatable bonds is 5. The zero-order chi connectivity index (χ0) is 14.7. The number of methoxy groups -OCH3 is 1. The third-order valence-electron chi connectivity index (χ3n) is 3.68. The van der Waals surface area contributed by atoms with Crippen molar-refractivity contribution in [3.05, 3.63) is 33.8 Å². The lowest BCUT2D eigenvalue weighted by Crippen LogP contribution is -2.17. The van der Waals surface area contributed by atoms with Crippen LogP contribution >= 0.6 is 11.3 Å². The van der Waals surface area contributed by atoms with Crippen LogP contribution in [0.2, 0.25) is 0 Å². The van der Waals surface area contributed by atoms with Crippen LogP contribution in [-0.4, -0.2) is 24.1 Å². The second-order valence-electron chi connectivity index (χ2n) is 5.13. The van der Waals surface area contributed by atoms with E-state index in [1.165, 1.54) is 23.3 Å². The summed E-state index contributed by atoms with van der Waals surface area (Å²) in [6.07, 6.45) is 3.56. The Morgan fingerprint density at radius 3 is 3.05 bits per heavy atom. The van der Waals surface area contributed by atoms with Crippen LogP contribution in [0, 0.1) is 0 Å². The fraction of sp³-hybridized carbons (Fsp3) is 0.467. The summed E-state index contributed by atoms with van der Waals surface area (Å²) in [7, 11) is 3.52. The Morgan fingerprint density at radius 1 is 1.38 bits per heavy atom. The first-order chi connectivity index (χ1) is 10.3. The normalized spacial score (nSPS) is 17.3. The molecule has 1 aliphatic rings. The maximum absolute atomic E-state index is 5.14. The summed E-state index contributed by atoms with van der Waals surface area (Å²) in [5.74, 6) is 2.35. The van der Waals surface area contributed by atoms with Crippen LogP contribution in [-0.2, 0) is 17.8 Å². The lowest BCUT2D eigenvalue weighted by Gasteiger charge is -2.24. The van der Waals surface area contributed by atoms with Gasteiger partial charge in [-0.25, -0.2) is 9.97 Å². The van der Waals surface area contributed by atoms with E-state index in [1.54, 1.807) is 7.11 Å². The molecule has 0 radical (unpaired) electrons. The lowest BCUT2D eigenvalue weighted by atomic mass is 9.94. The van der Waals surface area contributed by atoms with Gasteiger partial charge in [-0.3, -0.25) is 0 Å². The molecule has 5 nitrogen and oxygen atoms in total. The first-order valence-electron chi connectivity index (χ1n) is 7.17. The van der Waals surface area contributed by atoms with Crippen molar-refractivity contribution < 1.29 is 4.74 Å². The first-order valence-corrected chi connectivity index (χ1v) is 8.05. The molecule has 2 heterocycles. The van der Waals surface area contributed by atoms with E-state index in [1.807, 2.05) is 24.5 Å². The van der Waals surface area contributed by atoms with Crippen molar-refractivity contribution in [2.24, 2.45) is 0 Å². The molecule has 1 unspecified atom stereocenters. The number of hydrogen-bond donors (Lipinski definition) is 2. The molecule has 0 fully saturated rings. The maximum atomic E-state index is 5.14. The SMILES string of the molecule is CNc1cc(NC2CCCc3sccc32)nc(COC)n1. The molecular formula is C15H20N4OS. The molecule has 1 aliphatic carbocycles. The van der Waals surface area contributed by atoms with Gasteiger partial charge in [0.2, 0.25) is 0 Å². The van der Waals surface area contributed by atoms with E-state index in [4.69, 9.17) is 4.74 Å². The molecular weight excluding hydrogens is 284 g/mol.